The fourth-order valence-electron chi connectivity index (χ4n) is 4.58. The number of rotatable bonds is 3. The number of halogens is 2. The van der Waals surface area contributed by atoms with Gasteiger partial charge in [-0.2, -0.15) is 10.6 Å². The maximum Gasteiger partial charge on any atom is 0.274 e. The summed E-state index contributed by atoms with van der Waals surface area (Å²) in [5.41, 5.74) is 6.11. The van der Waals surface area contributed by atoms with Gasteiger partial charge in [0.1, 0.15) is 28.1 Å². The summed E-state index contributed by atoms with van der Waals surface area (Å²) in [6, 6.07) is 5.76. The summed E-state index contributed by atoms with van der Waals surface area (Å²) in [6.07, 6.45) is 3.17. The van der Waals surface area contributed by atoms with E-state index >= 15 is 0 Å². The van der Waals surface area contributed by atoms with Crippen molar-refractivity contribution in [1.29, 1.82) is 0 Å². The zero-order chi connectivity index (χ0) is 22.6. The van der Waals surface area contributed by atoms with Gasteiger partial charge in [0.15, 0.2) is 0 Å². The third-order valence-electron chi connectivity index (χ3n) is 6.12. The van der Waals surface area contributed by atoms with Gasteiger partial charge in [0, 0.05) is 17.4 Å². The van der Waals surface area contributed by atoms with Crippen molar-refractivity contribution < 1.29 is 18.3 Å². The van der Waals surface area contributed by atoms with Crippen molar-refractivity contribution in [2.24, 2.45) is 10.7 Å². The first kappa shape index (κ1) is 22.0. The van der Waals surface area contributed by atoms with Crippen molar-refractivity contribution in [1.82, 2.24) is 4.98 Å². The summed E-state index contributed by atoms with van der Waals surface area (Å²) in [5.74, 6) is -0.893. The number of nitrogens with zero attached hydrogens (tertiary/aromatic N) is 2. The second-order valence-electron chi connectivity index (χ2n) is 8.20. The topological polar surface area (TPSA) is 121 Å². The number of aromatic nitrogens is 1. The zero-order valence-corrected chi connectivity index (χ0v) is 18.7. The molecule has 1 amide bonds. The number of amides is 1. The molecule has 1 fully saturated rings. The van der Waals surface area contributed by atoms with Crippen LogP contribution in [0.25, 0.3) is 0 Å². The van der Waals surface area contributed by atoms with Crippen molar-refractivity contribution in [3.8, 4) is 0 Å². The summed E-state index contributed by atoms with van der Waals surface area (Å²) in [4.78, 5) is 21.3. The Bertz CT molecular complexity index is 1100. The summed E-state index contributed by atoms with van der Waals surface area (Å²) in [7, 11) is -3.11. The maximum absolute atomic E-state index is 15.0. The fourth-order valence-corrected chi connectivity index (χ4v) is 7.48. The number of amidine groups is 1. The number of benzene rings is 1. The summed E-state index contributed by atoms with van der Waals surface area (Å²) in [5, 5.41) is 1.89. The quantitative estimate of drug-likeness (QED) is 0.522. The van der Waals surface area contributed by atoms with Crippen LogP contribution in [0.5, 0.6) is 0 Å². The smallest absolute Gasteiger partial charge is 0.274 e. The number of fused-ring (bicyclic) bond motifs is 2. The Morgan fingerprint density at radius 1 is 1.35 bits per heavy atom. The number of carbonyl (C=O) groups excluding carboxylic acids is 1. The molecule has 31 heavy (non-hydrogen) atoms. The number of nitrogens with two attached hydrogens (primary N) is 1. The predicted octanol–water partition coefficient (Wildman–Crippen LogP) is 4.69. The molecular formula is C21H24ClFN4O3S. The highest BCUT2D eigenvalue weighted by Gasteiger charge is 2.54. The molecule has 0 spiro atoms. The molecule has 0 aliphatic carbocycles. The third-order valence-corrected chi connectivity index (χ3v) is 9.17. The van der Waals surface area contributed by atoms with E-state index in [-0.39, 0.29) is 17.1 Å². The van der Waals surface area contributed by atoms with Crippen molar-refractivity contribution in [3.63, 3.8) is 0 Å². The van der Waals surface area contributed by atoms with E-state index in [4.69, 9.17) is 17.3 Å². The summed E-state index contributed by atoms with van der Waals surface area (Å²) >= 11 is 5.90. The van der Waals surface area contributed by atoms with Crippen molar-refractivity contribution >= 4 is 39.6 Å². The van der Waals surface area contributed by atoms with E-state index in [9.17, 15) is 18.3 Å². The predicted molar refractivity (Wildman–Crippen MR) is 122 cm³/mol. The lowest BCUT2D eigenvalue weighted by Gasteiger charge is -2.57. The first-order valence-electron chi connectivity index (χ1n) is 9.88. The Morgan fingerprint density at radius 3 is 2.81 bits per heavy atom. The molecule has 2 aliphatic heterocycles. The number of aryl methyl sites for hydroxylation is 1. The lowest BCUT2D eigenvalue weighted by Crippen LogP contribution is -2.54. The molecule has 7 nitrogen and oxygen atoms in total. The van der Waals surface area contributed by atoms with Gasteiger partial charge in [-0.05, 0) is 62.9 Å². The average Bonchev–Trinajstić information content (AvgIpc) is 2.67. The van der Waals surface area contributed by atoms with E-state index in [1.165, 1.54) is 24.4 Å². The van der Waals surface area contributed by atoms with Crippen molar-refractivity contribution in [2.75, 3.05) is 5.32 Å². The number of pyridine rings is 1. The second-order valence-corrected chi connectivity index (χ2v) is 11.1. The average molecular weight is 467 g/mol. The molecule has 1 aromatic carbocycles. The van der Waals surface area contributed by atoms with Crippen LogP contribution in [0.1, 0.15) is 47.8 Å². The molecule has 10 heteroatoms. The van der Waals surface area contributed by atoms with Crippen LogP contribution in [0, 0.1) is 12.7 Å². The molecule has 2 bridgehead atoms. The highest BCUT2D eigenvalue weighted by molar-refractivity contribution is 8.26. The molecule has 1 saturated heterocycles. The molecule has 0 saturated carbocycles. The van der Waals surface area contributed by atoms with Crippen molar-refractivity contribution in [2.45, 2.75) is 49.1 Å². The normalized spacial score (nSPS) is 27.9. The molecule has 166 valence electrons. The summed E-state index contributed by atoms with van der Waals surface area (Å²) in [6.45, 7) is 3.38. The van der Waals surface area contributed by atoms with Gasteiger partial charge in [0.25, 0.3) is 5.91 Å². The molecule has 2 aliphatic rings. The number of hydrogen-bond donors (Lipinski definition) is 4. The van der Waals surface area contributed by atoms with E-state index in [0.717, 1.165) is 6.42 Å². The van der Waals surface area contributed by atoms with Crippen LogP contribution in [0.15, 0.2) is 35.5 Å². The van der Waals surface area contributed by atoms with E-state index < -0.39 is 38.4 Å². The Labute approximate surface area is 186 Å². The molecule has 1 aromatic heterocycles. The van der Waals surface area contributed by atoms with Crippen LogP contribution in [0.3, 0.4) is 0 Å². The van der Waals surface area contributed by atoms with Crippen LogP contribution in [-0.2, 0) is 5.54 Å². The van der Waals surface area contributed by atoms with Gasteiger partial charge in [0.2, 0.25) is 0 Å². The van der Waals surface area contributed by atoms with Crippen LogP contribution in [0.4, 0.5) is 10.1 Å². The first-order chi connectivity index (χ1) is 14.5. The van der Waals surface area contributed by atoms with E-state index in [0.29, 0.717) is 29.1 Å². The van der Waals surface area contributed by atoms with Crippen LogP contribution >= 0.6 is 22.2 Å². The Balaban J connectivity index is 1.72. The zero-order valence-electron chi connectivity index (χ0n) is 17.1. The molecule has 3 atom stereocenters. The van der Waals surface area contributed by atoms with Gasteiger partial charge in [-0.15, -0.1) is 0 Å². The number of hydrogen-bond acceptors (Lipinski definition) is 6. The maximum atomic E-state index is 15.0. The fraction of sp³-hybridized carbons (Fsp3) is 0.381. The number of carbonyl (C=O) groups is 1. The van der Waals surface area contributed by atoms with Gasteiger partial charge in [-0.3, -0.25) is 18.9 Å². The largest absolute Gasteiger partial charge is 0.386 e. The minimum absolute atomic E-state index is 0.133. The summed E-state index contributed by atoms with van der Waals surface area (Å²) < 4.78 is 36.8. The van der Waals surface area contributed by atoms with E-state index in [1.807, 2.05) is 0 Å². The highest BCUT2D eigenvalue weighted by Crippen LogP contribution is 2.64. The Hall–Kier alpha value is -2.20. The molecule has 2 aromatic rings. The molecule has 4 rings (SSSR count). The first-order valence-corrected chi connectivity index (χ1v) is 11.9. The molecule has 5 N–H and O–H groups in total. The van der Waals surface area contributed by atoms with Crippen LogP contribution < -0.4 is 11.1 Å². The minimum Gasteiger partial charge on any atom is -0.386 e. The minimum atomic E-state index is -3.11. The monoisotopic (exact) mass is 466 g/mol. The SMILES string of the molecule is Cc1cc(Cl)cnc1C(=O)Nc1ccc(F)c([C@@]2(C)N=C(N)[C@@H]3CCC[C@@H]2S3(O)O)c1. The Morgan fingerprint density at radius 2 is 2.10 bits per heavy atom. The van der Waals surface area contributed by atoms with Gasteiger partial charge in [-0.1, -0.05) is 11.6 Å². The van der Waals surface area contributed by atoms with Gasteiger partial charge in [0.05, 0.1) is 10.3 Å². The molecule has 3 heterocycles. The third kappa shape index (κ3) is 3.69. The second kappa shape index (κ2) is 7.74. The van der Waals surface area contributed by atoms with E-state index in [1.54, 1.807) is 19.9 Å². The van der Waals surface area contributed by atoms with Gasteiger partial charge < -0.3 is 11.1 Å². The highest BCUT2D eigenvalue weighted by atomic mass is 35.5. The lowest BCUT2D eigenvalue weighted by atomic mass is 9.84. The standard InChI is InChI=1S/C21H24ClFN4O3S/c1-11-8-12(22)10-25-18(11)20(28)26-13-6-7-15(23)14(9-13)21(2)17-5-3-4-16(19(24)27-21)31(17,29)30/h6-10,16-17,29-30H,3-5H2,1-2H3,(H2,24,27)(H,26,28)/t16-,17-,21+/m0/s1. The van der Waals surface area contributed by atoms with Crippen LogP contribution in [-0.4, -0.2) is 36.3 Å². The molecular weight excluding hydrogens is 443 g/mol. The van der Waals surface area contributed by atoms with Gasteiger partial charge >= 0.3 is 0 Å². The Kier molecular flexibility index (Phi) is 5.49. The number of aliphatic imine (C=N–C) groups is 1. The number of nitrogens with one attached hydrogen (secondary N) is 1. The molecule has 0 unspecified atom stereocenters. The van der Waals surface area contributed by atoms with Gasteiger partial charge in [-0.25, -0.2) is 9.37 Å². The van der Waals surface area contributed by atoms with E-state index in [2.05, 4.69) is 15.3 Å². The molecule has 0 radical (unpaired) electrons. The number of anilines is 1. The van der Waals surface area contributed by atoms with Crippen molar-refractivity contribution in [3.05, 3.63) is 58.1 Å². The lowest BCUT2D eigenvalue weighted by molar-refractivity contribution is 0.102. The van der Waals surface area contributed by atoms with Crippen LogP contribution in [0.2, 0.25) is 5.02 Å².